The molecule has 0 amide bonds. The highest BCUT2D eigenvalue weighted by Gasteiger charge is 2.23. The van der Waals surface area contributed by atoms with Gasteiger partial charge in [-0.3, -0.25) is 4.79 Å². The van der Waals surface area contributed by atoms with Crippen LogP contribution in [-0.2, 0) is 4.79 Å². The van der Waals surface area contributed by atoms with Crippen molar-refractivity contribution in [3.63, 3.8) is 0 Å². The molecule has 0 saturated heterocycles. The molecule has 1 rings (SSSR count). The summed E-state index contributed by atoms with van der Waals surface area (Å²) in [6.07, 6.45) is 2.50. The van der Waals surface area contributed by atoms with E-state index in [4.69, 9.17) is 5.11 Å². The van der Waals surface area contributed by atoms with Gasteiger partial charge in [0.1, 0.15) is 6.17 Å². The third-order valence-electron chi connectivity index (χ3n) is 2.93. The Hall–Kier alpha value is -0.640. The minimum atomic E-state index is -0.768. The van der Waals surface area contributed by atoms with E-state index in [1.54, 1.807) is 0 Å². The molecule has 0 radical (unpaired) electrons. The Morgan fingerprint density at radius 2 is 2.00 bits per heavy atom. The molecule has 0 aliphatic heterocycles. The lowest BCUT2D eigenvalue weighted by Gasteiger charge is -2.32. The lowest BCUT2D eigenvalue weighted by Crippen LogP contribution is -2.36. The summed E-state index contributed by atoms with van der Waals surface area (Å²) < 4.78 is 12.8. The first-order valence-corrected chi connectivity index (χ1v) is 5.15. The molecule has 82 valence electrons. The second-order valence-electron chi connectivity index (χ2n) is 4.03. The normalized spacial score (nSPS) is 27.9. The maximum atomic E-state index is 12.8. The third kappa shape index (κ3) is 3.62. The maximum absolute atomic E-state index is 12.8. The van der Waals surface area contributed by atoms with E-state index in [1.165, 1.54) is 0 Å². The minimum Gasteiger partial charge on any atom is -0.481 e. The van der Waals surface area contributed by atoms with Crippen LogP contribution in [0.15, 0.2) is 0 Å². The van der Waals surface area contributed by atoms with Crippen LogP contribution in [0.2, 0.25) is 0 Å². The summed E-state index contributed by atoms with van der Waals surface area (Å²) >= 11 is 0. The molecule has 1 fully saturated rings. The Morgan fingerprint density at radius 3 is 2.50 bits per heavy atom. The number of aliphatic carboxylic acids is 1. The van der Waals surface area contributed by atoms with Gasteiger partial charge in [0.25, 0.3) is 0 Å². The maximum Gasteiger partial charge on any atom is 0.304 e. The van der Waals surface area contributed by atoms with Crippen LogP contribution in [0.3, 0.4) is 0 Å². The van der Waals surface area contributed by atoms with Crippen molar-refractivity contribution < 1.29 is 14.3 Å². The first kappa shape index (κ1) is 11.4. The molecule has 1 N–H and O–H groups in total. The highest BCUT2D eigenvalue weighted by atomic mass is 19.1. The van der Waals surface area contributed by atoms with E-state index in [0.717, 1.165) is 12.8 Å². The molecule has 14 heavy (non-hydrogen) atoms. The zero-order valence-electron chi connectivity index (χ0n) is 8.58. The molecule has 1 aliphatic carbocycles. The van der Waals surface area contributed by atoms with Crippen LogP contribution in [0, 0.1) is 0 Å². The quantitative estimate of drug-likeness (QED) is 0.755. The standard InChI is InChI=1S/C10H18FNO2/c1-12(7-6-10(13)14)9-4-2-8(11)3-5-9/h8-9H,2-7H2,1H3,(H,13,14). The van der Waals surface area contributed by atoms with Crippen molar-refractivity contribution in [3.8, 4) is 0 Å². The van der Waals surface area contributed by atoms with Gasteiger partial charge in [-0.15, -0.1) is 0 Å². The molecule has 0 spiro atoms. The van der Waals surface area contributed by atoms with Crippen LogP contribution in [-0.4, -0.2) is 41.8 Å². The van der Waals surface area contributed by atoms with Crippen LogP contribution in [0.25, 0.3) is 0 Å². The van der Waals surface area contributed by atoms with Crippen molar-refractivity contribution in [2.45, 2.75) is 44.3 Å². The number of carboxylic acids is 1. The Balaban J connectivity index is 2.23. The number of hydrogen-bond acceptors (Lipinski definition) is 2. The van der Waals surface area contributed by atoms with E-state index in [9.17, 15) is 9.18 Å². The molecule has 0 atom stereocenters. The summed E-state index contributed by atoms with van der Waals surface area (Å²) in [4.78, 5) is 12.4. The summed E-state index contributed by atoms with van der Waals surface area (Å²) in [5.41, 5.74) is 0. The van der Waals surface area contributed by atoms with Crippen LogP contribution in [0.1, 0.15) is 32.1 Å². The monoisotopic (exact) mass is 203 g/mol. The van der Waals surface area contributed by atoms with Gasteiger partial charge in [-0.1, -0.05) is 0 Å². The fraction of sp³-hybridized carbons (Fsp3) is 0.900. The molecule has 3 nitrogen and oxygen atoms in total. The first-order valence-electron chi connectivity index (χ1n) is 5.15. The third-order valence-corrected chi connectivity index (χ3v) is 2.93. The number of carbonyl (C=O) groups is 1. The predicted molar refractivity (Wildman–Crippen MR) is 52.0 cm³/mol. The van der Waals surface area contributed by atoms with Crippen molar-refractivity contribution in [1.82, 2.24) is 4.90 Å². The van der Waals surface area contributed by atoms with E-state index < -0.39 is 12.1 Å². The van der Waals surface area contributed by atoms with E-state index in [1.807, 2.05) is 11.9 Å². The zero-order valence-corrected chi connectivity index (χ0v) is 8.58. The number of halogens is 1. The Labute approximate surface area is 83.9 Å². The highest BCUT2D eigenvalue weighted by Crippen LogP contribution is 2.24. The minimum absolute atomic E-state index is 0.173. The summed E-state index contributed by atoms with van der Waals surface area (Å²) in [6, 6.07) is 0.376. The largest absolute Gasteiger partial charge is 0.481 e. The van der Waals surface area contributed by atoms with Crippen LogP contribution >= 0.6 is 0 Å². The molecular weight excluding hydrogens is 185 g/mol. The Kier molecular flexibility index (Phi) is 4.32. The number of nitrogens with zero attached hydrogens (tertiary/aromatic N) is 1. The lowest BCUT2D eigenvalue weighted by atomic mass is 9.93. The molecule has 0 heterocycles. The number of alkyl halides is 1. The van der Waals surface area contributed by atoms with Crippen LogP contribution < -0.4 is 0 Å². The van der Waals surface area contributed by atoms with Crippen molar-refractivity contribution >= 4 is 5.97 Å². The fourth-order valence-electron chi connectivity index (χ4n) is 1.93. The van der Waals surface area contributed by atoms with Crippen molar-refractivity contribution in [2.24, 2.45) is 0 Å². The first-order chi connectivity index (χ1) is 6.59. The highest BCUT2D eigenvalue weighted by molar-refractivity contribution is 5.66. The molecule has 1 aliphatic rings. The van der Waals surface area contributed by atoms with Crippen molar-refractivity contribution in [1.29, 1.82) is 0 Å². The van der Waals surface area contributed by atoms with Crippen LogP contribution in [0.4, 0.5) is 4.39 Å². The molecular formula is C10H18FNO2. The summed E-state index contributed by atoms with van der Waals surface area (Å²) in [7, 11) is 1.92. The van der Waals surface area contributed by atoms with Gasteiger partial charge in [-0.2, -0.15) is 0 Å². The van der Waals surface area contributed by atoms with E-state index in [-0.39, 0.29) is 6.42 Å². The lowest BCUT2D eigenvalue weighted by molar-refractivity contribution is -0.137. The van der Waals surface area contributed by atoms with E-state index >= 15 is 0 Å². The smallest absolute Gasteiger partial charge is 0.304 e. The fourth-order valence-corrected chi connectivity index (χ4v) is 1.93. The Morgan fingerprint density at radius 1 is 1.43 bits per heavy atom. The number of rotatable bonds is 4. The van der Waals surface area contributed by atoms with Crippen LogP contribution in [0.5, 0.6) is 0 Å². The van der Waals surface area contributed by atoms with Gasteiger partial charge >= 0.3 is 5.97 Å². The van der Waals surface area contributed by atoms with Crippen molar-refractivity contribution in [2.75, 3.05) is 13.6 Å². The molecule has 1 saturated carbocycles. The second-order valence-corrected chi connectivity index (χ2v) is 4.03. The van der Waals surface area contributed by atoms with Gasteiger partial charge in [0.15, 0.2) is 0 Å². The van der Waals surface area contributed by atoms with Crippen molar-refractivity contribution in [3.05, 3.63) is 0 Å². The average molecular weight is 203 g/mol. The van der Waals surface area contributed by atoms with E-state index in [0.29, 0.717) is 25.4 Å². The molecule has 0 aromatic carbocycles. The van der Waals surface area contributed by atoms with Gasteiger partial charge in [0.05, 0.1) is 6.42 Å². The topological polar surface area (TPSA) is 40.5 Å². The molecule has 0 aromatic rings. The van der Waals surface area contributed by atoms with E-state index in [2.05, 4.69) is 0 Å². The second kappa shape index (κ2) is 5.29. The van der Waals surface area contributed by atoms with Gasteiger partial charge in [-0.05, 0) is 32.7 Å². The average Bonchev–Trinajstić information content (AvgIpc) is 2.15. The summed E-state index contributed by atoms with van der Waals surface area (Å²) in [5, 5.41) is 8.52. The molecule has 0 bridgehead atoms. The zero-order chi connectivity index (χ0) is 10.6. The molecule has 0 aromatic heterocycles. The molecule has 4 heteroatoms. The van der Waals surface area contributed by atoms with Gasteiger partial charge < -0.3 is 10.0 Å². The SMILES string of the molecule is CN(CCC(=O)O)C1CCC(F)CC1. The van der Waals surface area contributed by atoms with Gasteiger partial charge in [0.2, 0.25) is 0 Å². The predicted octanol–water partition coefficient (Wildman–Crippen LogP) is 1.67. The summed E-state index contributed by atoms with van der Waals surface area (Å²) in [5.74, 6) is -0.768. The summed E-state index contributed by atoms with van der Waals surface area (Å²) in [6.45, 7) is 0.566. The Bertz CT molecular complexity index is 191. The molecule has 0 unspecified atom stereocenters. The number of carboxylic acid groups (broad SMARTS) is 1. The van der Waals surface area contributed by atoms with Gasteiger partial charge in [0, 0.05) is 12.6 Å². The van der Waals surface area contributed by atoms with Gasteiger partial charge in [-0.25, -0.2) is 4.39 Å². The number of hydrogen-bond donors (Lipinski definition) is 1.